The Bertz CT molecular complexity index is 873. The minimum Gasteiger partial charge on any atom is -0.390 e. The van der Waals surface area contributed by atoms with Crippen LogP contribution in [-0.2, 0) is 4.79 Å². The van der Waals surface area contributed by atoms with Gasteiger partial charge in [-0.25, -0.2) is 0 Å². The highest BCUT2D eigenvalue weighted by molar-refractivity contribution is 5.84. The number of fused-ring (bicyclic) bond motifs is 5. The molecule has 0 saturated heterocycles. The van der Waals surface area contributed by atoms with Gasteiger partial charge in [-0.15, -0.1) is 0 Å². The van der Waals surface area contributed by atoms with Crippen molar-refractivity contribution in [1.29, 1.82) is 5.26 Å². The SMILES string of the molecule is C=NN(/C=C(\C)C#N)CC(=O)[C@H]1CC[C@H]2[C@@H]3[C@H](C)C[C@H]4C[C@](C)(O)CC[C@]4(C)[C@H]3CC[C@]12C. The Balaban J connectivity index is 1.54. The molecule has 0 aromatic carbocycles. The highest BCUT2D eigenvalue weighted by atomic mass is 16.3. The van der Waals surface area contributed by atoms with E-state index in [-0.39, 0.29) is 23.7 Å². The molecule has 4 fully saturated rings. The van der Waals surface area contributed by atoms with Crippen LogP contribution in [0.4, 0.5) is 0 Å². The van der Waals surface area contributed by atoms with Crippen molar-refractivity contribution in [3.8, 4) is 6.07 Å². The maximum Gasteiger partial charge on any atom is 0.157 e. The number of allylic oxidation sites excluding steroid dienone is 1. The summed E-state index contributed by atoms with van der Waals surface area (Å²) in [5.74, 6) is 3.56. The Morgan fingerprint density at radius 2 is 1.88 bits per heavy atom. The molecule has 4 rings (SSSR count). The molecule has 5 heteroatoms. The van der Waals surface area contributed by atoms with E-state index in [9.17, 15) is 9.90 Å². The largest absolute Gasteiger partial charge is 0.390 e. The average molecular weight is 454 g/mol. The lowest BCUT2D eigenvalue weighted by atomic mass is 9.42. The number of carbonyl (C=O) groups excluding carboxylic acids is 1. The highest BCUT2D eigenvalue weighted by Gasteiger charge is 2.63. The fourth-order valence-corrected chi connectivity index (χ4v) is 9.00. The van der Waals surface area contributed by atoms with Gasteiger partial charge in [0.2, 0.25) is 0 Å². The second-order valence-corrected chi connectivity index (χ2v) is 12.7. The molecule has 33 heavy (non-hydrogen) atoms. The van der Waals surface area contributed by atoms with Crippen molar-refractivity contribution in [2.75, 3.05) is 6.54 Å². The number of hydrogen-bond donors (Lipinski definition) is 1. The van der Waals surface area contributed by atoms with Gasteiger partial charge in [0.1, 0.15) is 0 Å². The normalized spacial score (nSPS) is 47.0. The molecular weight excluding hydrogens is 410 g/mol. The van der Waals surface area contributed by atoms with Crippen LogP contribution < -0.4 is 0 Å². The minimum atomic E-state index is -0.506. The molecule has 4 saturated carbocycles. The molecule has 0 aromatic rings. The summed E-state index contributed by atoms with van der Waals surface area (Å²) in [5, 5.41) is 25.4. The monoisotopic (exact) mass is 453 g/mol. The number of Topliss-reactive ketones (excluding diaryl/α,β-unsaturated/α-hetero) is 1. The van der Waals surface area contributed by atoms with E-state index in [1.807, 2.05) is 6.92 Å². The van der Waals surface area contributed by atoms with Gasteiger partial charge in [0.05, 0.1) is 18.2 Å². The maximum absolute atomic E-state index is 13.5. The summed E-state index contributed by atoms with van der Waals surface area (Å²) in [7, 11) is 0. The molecule has 0 spiro atoms. The molecule has 182 valence electrons. The second-order valence-electron chi connectivity index (χ2n) is 12.7. The van der Waals surface area contributed by atoms with Crippen LogP contribution in [0.5, 0.6) is 0 Å². The first-order valence-corrected chi connectivity index (χ1v) is 13.0. The Morgan fingerprint density at radius 3 is 2.55 bits per heavy atom. The molecule has 0 unspecified atom stereocenters. The van der Waals surface area contributed by atoms with Crippen molar-refractivity contribution in [3.63, 3.8) is 0 Å². The minimum absolute atomic E-state index is 0.0523. The lowest BCUT2D eigenvalue weighted by Crippen LogP contribution is -2.58. The van der Waals surface area contributed by atoms with Gasteiger partial charge in [0.15, 0.2) is 5.78 Å². The molecule has 9 atom stereocenters. The zero-order valence-corrected chi connectivity index (χ0v) is 21.3. The van der Waals surface area contributed by atoms with Crippen molar-refractivity contribution in [2.24, 2.45) is 51.4 Å². The molecule has 0 aliphatic heterocycles. The van der Waals surface area contributed by atoms with E-state index in [1.54, 1.807) is 13.1 Å². The van der Waals surface area contributed by atoms with Crippen molar-refractivity contribution in [2.45, 2.75) is 91.6 Å². The number of carbonyl (C=O) groups is 1. The van der Waals surface area contributed by atoms with E-state index in [2.05, 4.69) is 38.7 Å². The third-order valence-electron chi connectivity index (χ3n) is 10.7. The summed E-state index contributed by atoms with van der Waals surface area (Å²) < 4.78 is 0. The van der Waals surface area contributed by atoms with Crippen LogP contribution in [0.25, 0.3) is 0 Å². The summed E-state index contributed by atoms with van der Waals surface area (Å²) in [6.45, 7) is 14.9. The number of ketones is 1. The number of rotatable bonds is 5. The van der Waals surface area contributed by atoms with Gasteiger partial charge in [-0.1, -0.05) is 20.8 Å². The Kier molecular flexibility index (Phi) is 6.32. The molecule has 0 radical (unpaired) electrons. The Labute approximate surface area is 200 Å². The smallest absolute Gasteiger partial charge is 0.157 e. The number of nitriles is 1. The molecule has 0 aromatic heterocycles. The van der Waals surface area contributed by atoms with Gasteiger partial charge < -0.3 is 5.11 Å². The third-order valence-corrected chi connectivity index (χ3v) is 10.7. The second kappa shape index (κ2) is 8.52. The van der Waals surface area contributed by atoms with Crippen molar-refractivity contribution in [3.05, 3.63) is 11.8 Å². The van der Waals surface area contributed by atoms with E-state index >= 15 is 0 Å². The van der Waals surface area contributed by atoms with E-state index in [0.29, 0.717) is 40.6 Å². The van der Waals surface area contributed by atoms with Crippen LogP contribution >= 0.6 is 0 Å². The predicted molar refractivity (Wildman–Crippen MR) is 131 cm³/mol. The van der Waals surface area contributed by atoms with Crippen molar-refractivity contribution in [1.82, 2.24) is 5.01 Å². The lowest BCUT2D eigenvalue weighted by Gasteiger charge is -2.63. The maximum atomic E-state index is 13.5. The molecule has 4 aliphatic carbocycles. The summed E-state index contributed by atoms with van der Waals surface area (Å²) in [5.41, 5.74) is 0.396. The quantitative estimate of drug-likeness (QED) is 0.336. The number of aliphatic hydroxyl groups is 1. The zero-order valence-electron chi connectivity index (χ0n) is 21.3. The number of nitrogens with zero attached hydrogens (tertiary/aromatic N) is 3. The summed E-state index contributed by atoms with van der Waals surface area (Å²) in [6.07, 6.45) is 10.3. The van der Waals surface area contributed by atoms with E-state index in [0.717, 1.165) is 38.5 Å². The van der Waals surface area contributed by atoms with Crippen molar-refractivity contribution < 1.29 is 9.90 Å². The third kappa shape index (κ3) is 4.07. The zero-order chi connectivity index (χ0) is 24.2. The van der Waals surface area contributed by atoms with E-state index < -0.39 is 5.60 Å². The predicted octanol–water partition coefficient (Wildman–Crippen LogP) is 5.56. The topological polar surface area (TPSA) is 76.7 Å². The molecule has 5 nitrogen and oxygen atoms in total. The van der Waals surface area contributed by atoms with Gasteiger partial charge in [-0.2, -0.15) is 10.4 Å². The van der Waals surface area contributed by atoms with Gasteiger partial charge >= 0.3 is 0 Å². The summed E-state index contributed by atoms with van der Waals surface area (Å²) >= 11 is 0. The first-order valence-electron chi connectivity index (χ1n) is 13.0. The molecule has 0 heterocycles. The van der Waals surface area contributed by atoms with Gasteiger partial charge in [-0.3, -0.25) is 9.80 Å². The van der Waals surface area contributed by atoms with Crippen LogP contribution in [0.15, 0.2) is 16.9 Å². The van der Waals surface area contributed by atoms with Crippen LogP contribution in [0.1, 0.15) is 86.0 Å². The first kappa shape index (κ1) is 24.5. The molecule has 4 aliphatic rings. The van der Waals surface area contributed by atoms with Crippen LogP contribution in [-0.4, -0.2) is 34.8 Å². The number of hydrogen-bond acceptors (Lipinski definition) is 5. The molecule has 0 bridgehead atoms. The fraction of sp³-hybridized carbons (Fsp3) is 0.821. The standard InChI is InChI=1S/C28H43N3O2/c1-18(15-29)16-31(30-6)17-24(32)21-7-8-22-25-19(2)13-20-14-26(3,33)11-12-27(20,4)23(25)9-10-28(21,22)5/h16,19-23,25,33H,6-14,17H2,1-5H3/b18-16+/t19-,20+,21-,22+,23+,25+,26-,27+,28-/m1/s1. The lowest BCUT2D eigenvalue weighted by molar-refractivity contribution is -0.166. The van der Waals surface area contributed by atoms with E-state index in [1.165, 1.54) is 17.9 Å². The Morgan fingerprint density at radius 1 is 1.18 bits per heavy atom. The fourth-order valence-electron chi connectivity index (χ4n) is 9.00. The summed E-state index contributed by atoms with van der Waals surface area (Å²) in [6, 6.07) is 2.10. The molecule has 1 N–H and O–H groups in total. The summed E-state index contributed by atoms with van der Waals surface area (Å²) in [4.78, 5) is 13.5. The average Bonchev–Trinajstić information content (AvgIpc) is 3.11. The molecular formula is C28H43N3O2. The van der Waals surface area contributed by atoms with Gasteiger partial charge in [0.25, 0.3) is 0 Å². The van der Waals surface area contributed by atoms with E-state index in [4.69, 9.17) is 5.26 Å². The van der Waals surface area contributed by atoms with Crippen LogP contribution in [0.3, 0.4) is 0 Å². The molecule has 0 amide bonds. The van der Waals surface area contributed by atoms with Crippen LogP contribution in [0.2, 0.25) is 0 Å². The highest BCUT2D eigenvalue weighted by Crippen LogP contribution is 2.69. The Hall–Kier alpha value is -1.67. The van der Waals surface area contributed by atoms with Crippen molar-refractivity contribution >= 4 is 12.5 Å². The number of hydrazone groups is 1. The first-order chi connectivity index (χ1) is 15.4. The van der Waals surface area contributed by atoms with Gasteiger partial charge in [0, 0.05) is 24.4 Å². The van der Waals surface area contributed by atoms with Gasteiger partial charge in [-0.05, 0) is 106 Å². The van der Waals surface area contributed by atoms with Crippen LogP contribution in [0, 0.1) is 57.7 Å².